The second-order valence-corrected chi connectivity index (χ2v) is 8.92. The van der Waals surface area contributed by atoms with Crippen LogP contribution in [0.1, 0.15) is 57.5 Å². The SMILES string of the molecule is COc1ccc(C(=O)N2CCN(C(=O)OC(C)(C)C)CC2)cc1C(C)(C)C. The quantitative estimate of drug-likeness (QED) is 0.790. The molecule has 6 nitrogen and oxygen atoms in total. The Labute approximate surface area is 162 Å². The molecule has 2 rings (SSSR count). The highest BCUT2D eigenvalue weighted by atomic mass is 16.6. The molecule has 6 heteroatoms. The summed E-state index contributed by atoms with van der Waals surface area (Å²) in [7, 11) is 1.64. The molecule has 0 aliphatic carbocycles. The first-order valence-corrected chi connectivity index (χ1v) is 9.38. The minimum atomic E-state index is -0.517. The maximum atomic E-state index is 12.9. The van der Waals surface area contributed by atoms with Gasteiger partial charge in [-0.1, -0.05) is 20.8 Å². The van der Waals surface area contributed by atoms with Crippen LogP contribution >= 0.6 is 0 Å². The molecule has 150 valence electrons. The van der Waals surface area contributed by atoms with Crippen LogP contribution in [0.5, 0.6) is 5.75 Å². The lowest BCUT2D eigenvalue weighted by Gasteiger charge is -2.35. The normalized spacial score (nSPS) is 15.5. The fourth-order valence-electron chi connectivity index (χ4n) is 3.03. The zero-order chi connectivity index (χ0) is 20.4. The van der Waals surface area contributed by atoms with Crippen LogP contribution in [-0.2, 0) is 10.2 Å². The van der Waals surface area contributed by atoms with Crippen LogP contribution in [0.2, 0.25) is 0 Å². The molecule has 1 aliphatic rings. The van der Waals surface area contributed by atoms with E-state index in [-0.39, 0.29) is 17.4 Å². The second-order valence-electron chi connectivity index (χ2n) is 8.92. The Balaban J connectivity index is 2.07. The summed E-state index contributed by atoms with van der Waals surface area (Å²) >= 11 is 0. The molecule has 0 aromatic heterocycles. The molecular formula is C21H32N2O4. The van der Waals surface area contributed by atoms with E-state index in [0.29, 0.717) is 31.7 Å². The minimum Gasteiger partial charge on any atom is -0.496 e. The molecule has 0 unspecified atom stereocenters. The van der Waals surface area contributed by atoms with Crippen LogP contribution < -0.4 is 4.74 Å². The van der Waals surface area contributed by atoms with E-state index in [2.05, 4.69) is 20.8 Å². The number of benzene rings is 1. The molecule has 1 fully saturated rings. The summed E-state index contributed by atoms with van der Waals surface area (Å²) < 4.78 is 10.9. The number of piperazine rings is 1. The van der Waals surface area contributed by atoms with Crippen LogP contribution in [0, 0.1) is 0 Å². The van der Waals surface area contributed by atoms with Gasteiger partial charge in [-0.3, -0.25) is 4.79 Å². The average molecular weight is 376 g/mol. The predicted octanol–water partition coefficient (Wildman–Crippen LogP) is 3.69. The van der Waals surface area contributed by atoms with E-state index < -0.39 is 5.60 Å². The molecule has 1 heterocycles. The Morgan fingerprint density at radius 2 is 1.48 bits per heavy atom. The fraction of sp³-hybridized carbons (Fsp3) is 0.619. The standard InChI is InChI=1S/C21H32N2O4/c1-20(2,3)16-14-15(8-9-17(16)26-7)18(24)22-10-12-23(13-11-22)19(25)27-21(4,5)6/h8-9,14H,10-13H2,1-7H3. The van der Waals surface area contributed by atoms with E-state index in [1.807, 2.05) is 32.9 Å². The van der Waals surface area contributed by atoms with E-state index in [9.17, 15) is 9.59 Å². The molecule has 0 N–H and O–H groups in total. The Bertz CT molecular complexity index is 693. The lowest BCUT2D eigenvalue weighted by atomic mass is 9.85. The van der Waals surface area contributed by atoms with Gasteiger partial charge >= 0.3 is 6.09 Å². The number of hydrogen-bond acceptors (Lipinski definition) is 4. The largest absolute Gasteiger partial charge is 0.496 e. The molecular weight excluding hydrogens is 344 g/mol. The highest BCUT2D eigenvalue weighted by Crippen LogP contribution is 2.32. The Hall–Kier alpha value is -2.24. The molecule has 1 aromatic rings. The van der Waals surface area contributed by atoms with Crippen LogP contribution in [0.15, 0.2) is 18.2 Å². The lowest BCUT2D eigenvalue weighted by Crippen LogP contribution is -2.51. The average Bonchev–Trinajstić information content (AvgIpc) is 2.58. The Morgan fingerprint density at radius 3 is 1.96 bits per heavy atom. The Morgan fingerprint density at radius 1 is 0.926 bits per heavy atom. The van der Waals surface area contributed by atoms with Gasteiger partial charge in [0.25, 0.3) is 5.91 Å². The number of carbonyl (C=O) groups excluding carboxylic acids is 2. The number of hydrogen-bond donors (Lipinski definition) is 0. The molecule has 0 radical (unpaired) electrons. The number of carbonyl (C=O) groups is 2. The van der Waals surface area contributed by atoms with Gasteiger partial charge in [0.15, 0.2) is 0 Å². The van der Waals surface area contributed by atoms with Crippen molar-refractivity contribution in [1.82, 2.24) is 9.80 Å². The van der Waals surface area contributed by atoms with Crippen LogP contribution in [0.25, 0.3) is 0 Å². The molecule has 0 spiro atoms. The van der Waals surface area contributed by atoms with E-state index in [4.69, 9.17) is 9.47 Å². The molecule has 0 saturated carbocycles. The fourth-order valence-corrected chi connectivity index (χ4v) is 3.03. The zero-order valence-electron chi connectivity index (χ0n) is 17.6. The van der Waals surface area contributed by atoms with Gasteiger partial charge in [-0.05, 0) is 44.4 Å². The van der Waals surface area contributed by atoms with Crippen molar-refractivity contribution in [3.63, 3.8) is 0 Å². The molecule has 1 aliphatic heterocycles. The van der Waals surface area contributed by atoms with Gasteiger partial charge in [-0.2, -0.15) is 0 Å². The highest BCUT2D eigenvalue weighted by Gasteiger charge is 2.29. The van der Waals surface area contributed by atoms with Crippen molar-refractivity contribution in [2.45, 2.75) is 52.6 Å². The van der Waals surface area contributed by atoms with Crippen LogP contribution in [0.4, 0.5) is 4.79 Å². The van der Waals surface area contributed by atoms with Gasteiger partial charge in [0, 0.05) is 37.3 Å². The number of rotatable bonds is 2. The third kappa shape index (κ3) is 5.37. The van der Waals surface area contributed by atoms with Gasteiger partial charge in [-0.15, -0.1) is 0 Å². The first-order valence-electron chi connectivity index (χ1n) is 9.38. The summed E-state index contributed by atoms with van der Waals surface area (Å²) in [6.07, 6.45) is -0.325. The van der Waals surface area contributed by atoms with Gasteiger partial charge in [0.05, 0.1) is 7.11 Å². The van der Waals surface area contributed by atoms with Crippen molar-refractivity contribution in [1.29, 1.82) is 0 Å². The first-order chi connectivity index (χ1) is 12.4. The van der Waals surface area contributed by atoms with Crippen molar-refractivity contribution in [3.8, 4) is 5.75 Å². The van der Waals surface area contributed by atoms with Crippen molar-refractivity contribution in [2.24, 2.45) is 0 Å². The van der Waals surface area contributed by atoms with Crippen LogP contribution in [0.3, 0.4) is 0 Å². The summed E-state index contributed by atoms with van der Waals surface area (Å²) in [6, 6.07) is 5.57. The van der Waals surface area contributed by atoms with Crippen molar-refractivity contribution in [2.75, 3.05) is 33.3 Å². The Kier molecular flexibility index (Phi) is 6.07. The molecule has 27 heavy (non-hydrogen) atoms. The predicted molar refractivity (Wildman–Crippen MR) is 105 cm³/mol. The summed E-state index contributed by atoms with van der Waals surface area (Å²) in [6.45, 7) is 13.8. The monoisotopic (exact) mass is 376 g/mol. The molecule has 2 amide bonds. The molecule has 0 bridgehead atoms. The smallest absolute Gasteiger partial charge is 0.410 e. The topological polar surface area (TPSA) is 59.1 Å². The van der Waals surface area contributed by atoms with Gasteiger partial charge in [0.1, 0.15) is 11.4 Å². The van der Waals surface area contributed by atoms with E-state index >= 15 is 0 Å². The van der Waals surface area contributed by atoms with E-state index in [1.54, 1.807) is 23.0 Å². The van der Waals surface area contributed by atoms with Crippen molar-refractivity contribution >= 4 is 12.0 Å². The van der Waals surface area contributed by atoms with Gasteiger partial charge in [-0.25, -0.2) is 4.79 Å². The van der Waals surface area contributed by atoms with E-state index in [1.165, 1.54) is 0 Å². The van der Waals surface area contributed by atoms with Crippen molar-refractivity contribution in [3.05, 3.63) is 29.3 Å². The summed E-state index contributed by atoms with van der Waals surface area (Å²) in [5.74, 6) is 0.765. The van der Waals surface area contributed by atoms with E-state index in [0.717, 1.165) is 11.3 Å². The first kappa shape index (κ1) is 21.1. The van der Waals surface area contributed by atoms with Gasteiger partial charge < -0.3 is 19.3 Å². The molecule has 0 atom stereocenters. The second kappa shape index (κ2) is 7.79. The lowest BCUT2D eigenvalue weighted by molar-refractivity contribution is 0.0141. The van der Waals surface area contributed by atoms with Crippen molar-refractivity contribution < 1.29 is 19.1 Å². The molecule has 1 aromatic carbocycles. The number of amides is 2. The summed E-state index contributed by atoms with van der Waals surface area (Å²) in [4.78, 5) is 28.5. The molecule has 1 saturated heterocycles. The number of ether oxygens (including phenoxy) is 2. The third-order valence-electron chi connectivity index (χ3n) is 4.47. The van der Waals surface area contributed by atoms with Crippen LogP contribution in [-0.4, -0.2) is 60.7 Å². The number of methoxy groups -OCH3 is 1. The van der Waals surface area contributed by atoms with Gasteiger partial charge in [0.2, 0.25) is 0 Å². The number of nitrogens with zero attached hydrogens (tertiary/aromatic N) is 2. The maximum absolute atomic E-state index is 12.9. The summed E-state index contributed by atoms with van der Waals surface area (Å²) in [5, 5.41) is 0. The third-order valence-corrected chi connectivity index (χ3v) is 4.47. The summed E-state index contributed by atoms with van der Waals surface area (Å²) in [5.41, 5.74) is 1.00. The minimum absolute atomic E-state index is 0.0213. The highest BCUT2D eigenvalue weighted by molar-refractivity contribution is 5.95. The zero-order valence-corrected chi connectivity index (χ0v) is 17.6. The maximum Gasteiger partial charge on any atom is 0.410 e.